The lowest BCUT2D eigenvalue weighted by Gasteiger charge is -2.25. The van der Waals surface area contributed by atoms with Crippen LogP contribution in [0.1, 0.15) is 13.3 Å². The Kier molecular flexibility index (Phi) is 4.59. The van der Waals surface area contributed by atoms with Gasteiger partial charge in [0.1, 0.15) is 11.9 Å². The third-order valence-corrected chi connectivity index (χ3v) is 3.70. The molecule has 110 valence electrons. The van der Waals surface area contributed by atoms with Crippen LogP contribution in [0.5, 0.6) is 0 Å². The lowest BCUT2D eigenvalue weighted by molar-refractivity contribution is -0.420. The van der Waals surface area contributed by atoms with Gasteiger partial charge in [0, 0.05) is 11.3 Å². The van der Waals surface area contributed by atoms with Crippen LogP contribution < -0.4 is 10.6 Å². The van der Waals surface area contributed by atoms with E-state index in [9.17, 15) is 19.7 Å². The molecule has 0 aliphatic carbocycles. The first-order valence-corrected chi connectivity index (χ1v) is 6.97. The summed E-state index contributed by atoms with van der Waals surface area (Å²) < 4.78 is 0. The second-order valence-corrected chi connectivity index (χ2v) is 5.51. The quantitative estimate of drug-likeness (QED) is 0.627. The number of nitrogens with one attached hydrogen (secondary N) is 2. The highest BCUT2D eigenvalue weighted by atomic mass is 32.2. The van der Waals surface area contributed by atoms with E-state index in [-0.39, 0.29) is 17.2 Å². The predicted octanol–water partition coefficient (Wildman–Crippen LogP) is 1.25. The van der Waals surface area contributed by atoms with Gasteiger partial charge in [-0.15, -0.1) is 0 Å². The molecule has 0 unspecified atom stereocenters. The molecule has 0 radical (unpaired) electrons. The second kappa shape index (κ2) is 6.40. The maximum absolute atomic E-state index is 11.9. The molecule has 1 atom stereocenters. The van der Waals surface area contributed by atoms with Crippen LogP contribution in [0.3, 0.4) is 0 Å². The number of nitro groups is 1. The Morgan fingerprint density at radius 1 is 1.33 bits per heavy atom. The Balaban J connectivity index is 2.30. The van der Waals surface area contributed by atoms with Crippen molar-refractivity contribution in [3.8, 4) is 0 Å². The first-order valence-electron chi connectivity index (χ1n) is 6.16. The molecular formula is C13H13N3O4S. The van der Waals surface area contributed by atoms with Gasteiger partial charge in [0.25, 0.3) is 0 Å². The fourth-order valence-electron chi connectivity index (χ4n) is 1.83. The van der Waals surface area contributed by atoms with E-state index in [0.29, 0.717) is 0 Å². The number of Topliss-reactive ketones (excluding diaryl/α,β-unsaturated/α-hetero) is 1. The molecular weight excluding hydrogens is 294 g/mol. The Labute approximate surface area is 124 Å². The smallest absolute Gasteiger partial charge is 0.354 e. The van der Waals surface area contributed by atoms with Gasteiger partial charge >= 0.3 is 11.6 Å². The molecule has 1 aliphatic rings. The van der Waals surface area contributed by atoms with Gasteiger partial charge in [-0.3, -0.25) is 19.7 Å². The lowest BCUT2D eigenvalue weighted by atomic mass is 10.2. The molecule has 0 fully saturated rings. The lowest BCUT2D eigenvalue weighted by Crippen LogP contribution is -2.51. The molecule has 2 rings (SSSR count). The van der Waals surface area contributed by atoms with Gasteiger partial charge in [-0.25, -0.2) is 0 Å². The van der Waals surface area contributed by atoms with E-state index in [1.807, 2.05) is 6.07 Å². The fourth-order valence-corrected chi connectivity index (χ4v) is 2.83. The number of ketones is 1. The van der Waals surface area contributed by atoms with Crippen molar-refractivity contribution >= 4 is 23.5 Å². The van der Waals surface area contributed by atoms with E-state index in [4.69, 9.17) is 0 Å². The summed E-state index contributed by atoms with van der Waals surface area (Å²) in [5, 5.41) is 16.5. The van der Waals surface area contributed by atoms with Crippen LogP contribution in [0, 0.1) is 10.1 Å². The number of hydrogen-bond acceptors (Lipinski definition) is 6. The first-order chi connectivity index (χ1) is 9.97. The highest BCUT2D eigenvalue weighted by Crippen LogP contribution is 2.29. The van der Waals surface area contributed by atoms with Crippen molar-refractivity contribution in [2.45, 2.75) is 24.4 Å². The number of amides is 1. The molecule has 1 aliphatic heterocycles. The Morgan fingerprint density at radius 3 is 2.57 bits per heavy atom. The third-order valence-electron chi connectivity index (χ3n) is 2.68. The molecule has 8 heteroatoms. The Bertz CT molecular complexity index is 615. The predicted molar refractivity (Wildman–Crippen MR) is 76.7 cm³/mol. The molecule has 0 saturated heterocycles. The topological polar surface area (TPSA) is 101 Å². The molecule has 7 nitrogen and oxygen atoms in total. The van der Waals surface area contributed by atoms with Crippen LogP contribution in [0.4, 0.5) is 0 Å². The minimum Gasteiger partial charge on any atom is -0.354 e. The third kappa shape index (κ3) is 3.82. The van der Waals surface area contributed by atoms with Crippen LogP contribution in [-0.4, -0.2) is 22.8 Å². The summed E-state index contributed by atoms with van der Waals surface area (Å²) in [5.41, 5.74) is -0.538. The van der Waals surface area contributed by atoms with E-state index in [1.54, 1.807) is 24.3 Å². The number of rotatable bonds is 5. The largest absolute Gasteiger partial charge is 0.363 e. The van der Waals surface area contributed by atoms with Gasteiger partial charge in [0.15, 0.2) is 5.03 Å². The molecule has 1 amide bonds. The normalized spacial score (nSPS) is 18.0. The molecule has 2 N–H and O–H groups in total. The summed E-state index contributed by atoms with van der Waals surface area (Å²) in [6.07, 6.45) is -0.569. The number of carbonyl (C=O) groups excluding carboxylic acids is 2. The molecule has 0 saturated carbocycles. The molecule has 0 spiro atoms. The molecule has 1 heterocycles. The van der Waals surface area contributed by atoms with Crippen molar-refractivity contribution in [1.29, 1.82) is 0 Å². The van der Waals surface area contributed by atoms with E-state index in [0.717, 1.165) is 16.7 Å². The standard InChI is InChI=1S/C13H13N3O4S/c1-8(17)7-10-14-12(18)11(16(19)20)13(15-10)21-9-5-3-2-4-6-9/h2-6,10,15H,7H2,1H3,(H,14,18)/t10-/m1/s1. The second-order valence-electron chi connectivity index (χ2n) is 4.43. The zero-order valence-electron chi connectivity index (χ0n) is 11.2. The van der Waals surface area contributed by atoms with Gasteiger partial charge < -0.3 is 10.6 Å². The zero-order chi connectivity index (χ0) is 15.4. The van der Waals surface area contributed by atoms with Gasteiger partial charge in [0.05, 0.1) is 4.92 Å². The van der Waals surface area contributed by atoms with E-state index in [2.05, 4.69) is 10.6 Å². The monoisotopic (exact) mass is 307 g/mol. The Morgan fingerprint density at radius 2 is 2.00 bits per heavy atom. The maximum Gasteiger partial charge on any atom is 0.363 e. The van der Waals surface area contributed by atoms with E-state index in [1.165, 1.54) is 6.92 Å². The van der Waals surface area contributed by atoms with Gasteiger partial charge in [-0.1, -0.05) is 30.0 Å². The summed E-state index contributed by atoms with van der Waals surface area (Å²) in [7, 11) is 0. The van der Waals surface area contributed by atoms with Crippen LogP contribution >= 0.6 is 11.8 Å². The fraction of sp³-hybridized carbons (Fsp3) is 0.231. The highest BCUT2D eigenvalue weighted by Gasteiger charge is 2.36. The number of benzene rings is 1. The molecule has 0 bridgehead atoms. The van der Waals surface area contributed by atoms with Gasteiger partial charge in [-0.05, 0) is 19.1 Å². The minimum absolute atomic E-state index is 0.0651. The zero-order valence-corrected chi connectivity index (χ0v) is 12.0. The van der Waals surface area contributed by atoms with Crippen LogP contribution in [0.15, 0.2) is 46.0 Å². The summed E-state index contributed by atoms with van der Waals surface area (Å²) >= 11 is 1.09. The van der Waals surface area contributed by atoms with E-state index < -0.39 is 22.7 Å². The molecule has 1 aromatic carbocycles. The Hall–Kier alpha value is -2.35. The van der Waals surface area contributed by atoms with Crippen LogP contribution in [0.2, 0.25) is 0 Å². The van der Waals surface area contributed by atoms with E-state index >= 15 is 0 Å². The SMILES string of the molecule is CC(=O)C[C@@H]1NC(=O)C([N+](=O)[O-])=C(Sc2ccccc2)N1. The highest BCUT2D eigenvalue weighted by molar-refractivity contribution is 8.03. The van der Waals surface area contributed by atoms with Gasteiger partial charge in [0.2, 0.25) is 0 Å². The maximum atomic E-state index is 11.9. The minimum atomic E-state index is -0.788. The van der Waals surface area contributed by atoms with Crippen molar-refractivity contribution in [2.75, 3.05) is 0 Å². The summed E-state index contributed by atoms with van der Waals surface area (Å²) in [6.45, 7) is 1.39. The number of nitrogens with zero attached hydrogens (tertiary/aromatic N) is 1. The van der Waals surface area contributed by atoms with Crippen molar-refractivity contribution < 1.29 is 14.5 Å². The summed E-state index contributed by atoms with van der Waals surface area (Å²) in [4.78, 5) is 34.1. The van der Waals surface area contributed by atoms with Crippen molar-refractivity contribution in [3.63, 3.8) is 0 Å². The summed E-state index contributed by atoms with van der Waals surface area (Å²) in [5.74, 6) is -0.912. The van der Waals surface area contributed by atoms with Crippen molar-refractivity contribution in [1.82, 2.24) is 10.6 Å². The molecule has 0 aromatic heterocycles. The average Bonchev–Trinajstić information content (AvgIpc) is 2.37. The molecule has 21 heavy (non-hydrogen) atoms. The first kappa shape index (κ1) is 15.0. The van der Waals surface area contributed by atoms with Crippen LogP contribution in [0.25, 0.3) is 0 Å². The summed E-state index contributed by atoms with van der Waals surface area (Å²) in [6, 6.07) is 8.98. The van der Waals surface area contributed by atoms with Gasteiger partial charge in [-0.2, -0.15) is 0 Å². The average molecular weight is 307 g/mol. The number of hydrogen-bond donors (Lipinski definition) is 2. The number of carbonyl (C=O) groups is 2. The van der Waals surface area contributed by atoms with Crippen molar-refractivity contribution in [2.24, 2.45) is 0 Å². The molecule has 1 aromatic rings. The number of thioether (sulfide) groups is 1. The van der Waals surface area contributed by atoms with Crippen LogP contribution in [-0.2, 0) is 9.59 Å². The van der Waals surface area contributed by atoms with Crippen molar-refractivity contribution in [3.05, 3.63) is 51.2 Å².